The predicted octanol–water partition coefficient (Wildman–Crippen LogP) is 2.70. The molecule has 0 saturated carbocycles. The minimum absolute atomic E-state index is 0.0305. The van der Waals surface area contributed by atoms with E-state index in [1.807, 2.05) is 48.2 Å². The summed E-state index contributed by atoms with van der Waals surface area (Å²) >= 11 is 0. The van der Waals surface area contributed by atoms with E-state index in [1.54, 1.807) is 0 Å². The van der Waals surface area contributed by atoms with Gasteiger partial charge in [0.15, 0.2) is 0 Å². The van der Waals surface area contributed by atoms with E-state index >= 15 is 0 Å². The largest absolute Gasteiger partial charge is 0.352 e. The average Bonchev–Trinajstić information content (AvgIpc) is 3.00. The van der Waals surface area contributed by atoms with E-state index < -0.39 is 0 Å². The fourth-order valence-corrected chi connectivity index (χ4v) is 3.23. The molecule has 2 aromatic rings. The van der Waals surface area contributed by atoms with Gasteiger partial charge in [-0.15, -0.1) is 0 Å². The molecule has 0 aromatic heterocycles. The van der Waals surface area contributed by atoms with Crippen molar-refractivity contribution >= 4 is 11.8 Å². The molecule has 3 rings (SSSR count). The molecular formula is C21H24N2O2. The van der Waals surface area contributed by atoms with Crippen LogP contribution in [0.3, 0.4) is 0 Å². The molecule has 2 aromatic carbocycles. The lowest BCUT2D eigenvalue weighted by atomic mass is 10.1. The molecule has 1 fully saturated rings. The highest BCUT2D eigenvalue weighted by Gasteiger charge is 2.33. The van der Waals surface area contributed by atoms with Gasteiger partial charge in [-0.3, -0.25) is 9.59 Å². The number of rotatable bonds is 6. The number of aryl methyl sites for hydroxylation is 1. The molecule has 130 valence electrons. The predicted molar refractivity (Wildman–Crippen MR) is 97.9 cm³/mol. The van der Waals surface area contributed by atoms with Crippen molar-refractivity contribution in [1.29, 1.82) is 0 Å². The van der Waals surface area contributed by atoms with Crippen LogP contribution in [-0.2, 0) is 22.6 Å². The van der Waals surface area contributed by atoms with E-state index in [-0.39, 0.29) is 17.7 Å². The molecule has 1 aliphatic rings. The van der Waals surface area contributed by atoms with Crippen molar-refractivity contribution in [2.24, 2.45) is 5.92 Å². The summed E-state index contributed by atoms with van der Waals surface area (Å²) in [7, 11) is 0. The van der Waals surface area contributed by atoms with Gasteiger partial charge in [-0.1, -0.05) is 60.2 Å². The van der Waals surface area contributed by atoms with Crippen LogP contribution in [0.4, 0.5) is 0 Å². The van der Waals surface area contributed by atoms with Gasteiger partial charge in [-0.2, -0.15) is 0 Å². The lowest BCUT2D eigenvalue weighted by Gasteiger charge is -2.16. The Kier molecular flexibility index (Phi) is 5.49. The van der Waals surface area contributed by atoms with Crippen LogP contribution in [-0.4, -0.2) is 29.8 Å². The molecule has 25 heavy (non-hydrogen) atoms. The van der Waals surface area contributed by atoms with Crippen LogP contribution in [0.2, 0.25) is 0 Å². The minimum Gasteiger partial charge on any atom is -0.352 e. The van der Waals surface area contributed by atoms with E-state index in [0.29, 0.717) is 26.1 Å². The SMILES string of the molecule is Cc1cccc(CNC(=O)C2CC(=O)N(CCc3ccccc3)C2)c1. The topological polar surface area (TPSA) is 49.4 Å². The first-order chi connectivity index (χ1) is 12.1. The minimum atomic E-state index is -0.243. The number of hydrogen-bond acceptors (Lipinski definition) is 2. The van der Waals surface area contributed by atoms with Crippen molar-refractivity contribution in [3.63, 3.8) is 0 Å². The normalized spacial score (nSPS) is 16.9. The molecule has 1 aliphatic heterocycles. The summed E-state index contributed by atoms with van der Waals surface area (Å²) in [4.78, 5) is 26.4. The summed E-state index contributed by atoms with van der Waals surface area (Å²) in [6.45, 7) is 3.73. The molecule has 4 nitrogen and oxygen atoms in total. The standard InChI is InChI=1S/C21H24N2O2/c1-16-6-5-9-18(12-16)14-22-21(25)19-13-20(24)23(15-19)11-10-17-7-3-2-4-8-17/h2-9,12,19H,10-11,13-15H2,1H3,(H,22,25). The molecule has 0 radical (unpaired) electrons. The Labute approximate surface area is 148 Å². The summed E-state index contributed by atoms with van der Waals surface area (Å²) < 4.78 is 0. The van der Waals surface area contributed by atoms with Crippen molar-refractivity contribution in [3.8, 4) is 0 Å². The van der Waals surface area contributed by atoms with Crippen LogP contribution in [0.25, 0.3) is 0 Å². The second-order valence-corrected chi connectivity index (χ2v) is 6.68. The Bertz CT molecular complexity index is 743. The van der Waals surface area contributed by atoms with E-state index in [9.17, 15) is 9.59 Å². The fourth-order valence-electron chi connectivity index (χ4n) is 3.23. The number of carbonyl (C=O) groups is 2. The molecule has 0 spiro atoms. The van der Waals surface area contributed by atoms with Crippen molar-refractivity contribution in [1.82, 2.24) is 10.2 Å². The molecule has 0 bridgehead atoms. The molecular weight excluding hydrogens is 312 g/mol. The van der Waals surface area contributed by atoms with Gasteiger partial charge in [-0.25, -0.2) is 0 Å². The third-order valence-electron chi connectivity index (χ3n) is 4.65. The Morgan fingerprint density at radius 3 is 2.64 bits per heavy atom. The van der Waals surface area contributed by atoms with Gasteiger partial charge in [-0.05, 0) is 24.5 Å². The van der Waals surface area contributed by atoms with Crippen molar-refractivity contribution < 1.29 is 9.59 Å². The van der Waals surface area contributed by atoms with Crippen LogP contribution < -0.4 is 5.32 Å². The van der Waals surface area contributed by atoms with Crippen LogP contribution >= 0.6 is 0 Å². The van der Waals surface area contributed by atoms with Gasteiger partial charge in [0.1, 0.15) is 0 Å². The second kappa shape index (κ2) is 7.97. The number of benzene rings is 2. The van der Waals surface area contributed by atoms with E-state index in [2.05, 4.69) is 23.5 Å². The summed E-state index contributed by atoms with van der Waals surface area (Å²) in [5.74, 6) is -0.197. The quantitative estimate of drug-likeness (QED) is 0.882. The molecule has 1 atom stereocenters. The molecule has 4 heteroatoms. The lowest BCUT2D eigenvalue weighted by molar-refractivity contribution is -0.129. The van der Waals surface area contributed by atoms with Gasteiger partial charge in [0, 0.05) is 26.1 Å². The van der Waals surface area contributed by atoms with Gasteiger partial charge < -0.3 is 10.2 Å². The maximum Gasteiger partial charge on any atom is 0.225 e. The Balaban J connectivity index is 1.48. The number of amides is 2. The Hall–Kier alpha value is -2.62. The zero-order chi connectivity index (χ0) is 17.6. The summed E-state index contributed by atoms with van der Waals surface area (Å²) in [5, 5.41) is 2.97. The molecule has 1 heterocycles. The van der Waals surface area contributed by atoms with Crippen LogP contribution in [0.15, 0.2) is 54.6 Å². The molecule has 0 aliphatic carbocycles. The number of nitrogens with zero attached hydrogens (tertiary/aromatic N) is 1. The van der Waals surface area contributed by atoms with Crippen molar-refractivity contribution in [2.45, 2.75) is 26.3 Å². The Morgan fingerprint density at radius 1 is 1.12 bits per heavy atom. The zero-order valence-electron chi connectivity index (χ0n) is 14.6. The van der Waals surface area contributed by atoms with Gasteiger partial charge >= 0.3 is 0 Å². The van der Waals surface area contributed by atoms with Crippen molar-refractivity contribution in [3.05, 3.63) is 71.3 Å². The highest BCUT2D eigenvalue weighted by molar-refractivity contribution is 5.89. The van der Waals surface area contributed by atoms with Crippen molar-refractivity contribution in [2.75, 3.05) is 13.1 Å². The summed E-state index contributed by atoms with van der Waals surface area (Å²) in [5.41, 5.74) is 3.47. The van der Waals surface area contributed by atoms with Gasteiger partial charge in [0.05, 0.1) is 5.92 Å². The second-order valence-electron chi connectivity index (χ2n) is 6.68. The maximum absolute atomic E-state index is 12.4. The monoisotopic (exact) mass is 336 g/mol. The van der Waals surface area contributed by atoms with Crippen LogP contribution in [0.5, 0.6) is 0 Å². The van der Waals surface area contributed by atoms with E-state index in [0.717, 1.165) is 12.0 Å². The molecule has 1 N–H and O–H groups in total. The maximum atomic E-state index is 12.4. The highest BCUT2D eigenvalue weighted by Crippen LogP contribution is 2.19. The zero-order valence-corrected chi connectivity index (χ0v) is 14.6. The van der Waals surface area contributed by atoms with Gasteiger partial charge in [0.25, 0.3) is 0 Å². The van der Waals surface area contributed by atoms with E-state index in [4.69, 9.17) is 0 Å². The smallest absolute Gasteiger partial charge is 0.225 e. The first kappa shape index (κ1) is 17.2. The number of likely N-dealkylation sites (tertiary alicyclic amines) is 1. The molecule has 1 saturated heterocycles. The molecule has 2 amide bonds. The fraction of sp³-hybridized carbons (Fsp3) is 0.333. The third kappa shape index (κ3) is 4.69. The third-order valence-corrected chi connectivity index (χ3v) is 4.65. The highest BCUT2D eigenvalue weighted by atomic mass is 16.2. The first-order valence-corrected chi connectivity index (χ1v) is 8.77. The van der Waals surface area contributed by atoms with Crippen LogP contribution in [0, 0.1) is 12.8 Å². The first-order valence-electron chi connectivity index (χ1n) is 8.77. The number of hydrogen-bond donors (Lipinski definition) is 1. The summed E-state index contributed by atoms with van der Waals surface area (Å²) in [6, 6.07) is 18.2. The van der Waals surface area contributed by atoms with Crippen LogP contribution in [0.1, 0.15) is 23.1 Å². The van der Waals surface area contributed by atoms with Gasteiger partial charge in [0.2, 0.25) is 11.8 Å². The average molecular weight is 336 g/mol. The van der Waals surface area contributed by atoms with E-state index in [1.165, 1.54) is 11.1 Å². The number of carbonyl (C=O) groups excluding carboxylic acids is 2. The number of nitrogens with one attached hydrogen (secondary N) is 1. The lowest BCUT2D eigenvalue weighted by Crippen LogP contribution is -2.33. The Morgan fingerprint density at radius 2 is 1.88 bits per heavy atom. The molecule has 1 unspecified atom stereocenters. The summed E-state index contributed by atoms with van der Waals surface area (Å²) in [6.07, 6.45) is 1.14.